The van der Waals surface area contributed by atoms with Crippen molar-refractivity contribution < 1.29 is 18.7 Å². The summed E-state index contributed by atoms with van der Waals surface area (Å²) in [5.41, 5.74) is 0.159. The Hall–Kier alpha value is -1.45. The maximum absolute atomic E-state index is 13.5. The third-order valence-corrected chi connectivity index (χ3v) is 3.82. The number of hydrogen-bond acceptors (Lipinski definition) is 1. The lowest BCUT2D eigenvalue weighted by atomic mass is 9.74. The van der Waals surface area contributed by atoms with E-state index in [2.05, 4.69) is 0 Å². The molecule has 0 radical (unpaired) electrons. The number of rotatable bonds is 4. The van der Waals surface area contributed by atoms with Crippen molar-refractivity contribution >= 4 is 5.97 Å². The summed E-state index contributed by atoms with van der Waals surface area (Å²) in [6, 6.07) is 9.11. The fourth-order valence-corrected chi connectivity index (χ4v) is 2.91. The first-order chi connectivity index (χ1) is 8.46. The Morgan fingerprint density at radius 1 is 1.22 bits per heavy atom. The predicted octanol–water partition coefficient (Wildman–Crippen LogP) is 3.61. The van der Waals surface area contributed by atoms with Gasteiger partial charge in [0.2, 0.25) is 0 Å². The van der Waals surface area contributed by atoms with Crippen molar-refractivity contribution in [2.24, 2.45) is 0 Å². The molecular weight excluding hydrogens is 238 g/mol. The van der Waals surface area contributed by atoms with Crippen molar-refractivity contribution in [3.05, 3.63) is 35.9 Å². The van der Waals surface area contributed by atoms with Gasteiger partial charge in [0, 0.05) is 11.8 Å². The molecule has 0 aromatic heterocycles. The van der Waals surface area contributed by atoms with E-state index in [1.165, 1.54) is 0 Å². The third kappa shape index (κ3) is 2.37. The van der Waals surface area contributed by atoms with E-state index in [4.69, 9.17) is 5.11 Å². The highest BCUT2D eigenvalue weighted by atomic mass is 19.3. The van der Waals surface area contributed by atoms with E-state index in [1.807, 2.05) is 30.3 Å². The van der Waals surface area contributed by atoms with Crippen LogP contribution in [-0.4, -0.2) is 17.0 Å². The van der Waals surface area contributed by atoms with Crippen molar-refractivity contribution in [2.45, 2.75) is 43.4 Å². The van der Waals surface area contributed by atoms with Gasteiger partial charge in [-0.25, -0.2) is 4.79 Å². The van der Waals surface area contributed by atoms with Crippen molar-refractivity contribution in [3.63, 3.8) is 0 Å². The van der Waals surface area contributed by atoms with Gasteiger partial charge in [-0.15, -0.1) is 0 Å². The van der Waals surface area contributed by atoms with Crippen molar-refractivity contribution in [1.82, 2.24) is 0 Å². The Morgan fingerprint density at radius 3 is 2.28 bits per heavy atom. The van der Waals surface area contributed by atoms with Gasteiger partial charge >= 0.3 is 11.9 Å². The van der Waals surface area contributed by atoms with Gasteiger partial charge in [0.05, 0.1) is 0 Å². The molecule has 1 aliphatic rings. The van der Waals surface area contributed by atoms with Gasteiger partial charge in [-0.1, -0.05) is 43.2 Å². The second-order valence-electron chi connectivity index (χ2n) is 5.04. The van der Waals surface area contributed by atoms with Crippen LogP contribution in [0.5, 0.6) is 0 Å². The van der Waals surface area contributed by atoms with Crippen LogP contribution in [0.15, 0.2) is 30.3 Å². The fourth-order valence-electron chi connectivity index (χ4n) is 2.91. The van der Waals surface area contributed by atoms with E-state index >= 15 is 0 Å². The van der Waals surface area contributed by atoms with Crippen LogP contribution in [0, 0.1) is 0 Å². The number of carboxylic acids is 1. The smallest absolute Gasteiger partial charge is 0.374 e. The van der Waals surface area contributed by atoms with Gasteiger partial charge in [0.15, 0.2) is 0 Å². The molecule has 4 heteroatoms. The number of carboxylic acid groups (broad SMARTS) is 1. The van der Waals surface area contributed by atoms with Gasteiger partial charge < -0.3 is 5.11 Å². The van der Waals surface area contributed by atoms with Crippen LogP contribution >= 0.6 is 0 Å². The largest absolute Gasteiger partial charge is 0.477 e. The van der Waals surface area contributed by atoms with Crippen LogP contribution in [0.4, 0.5) is 8.78 Å². The molecule has 1 fully saturated rings. The van der Waals surface area contributed by atoms with Crippen LogP contribution in [-0.2, 0) is 10.2 Å². The number of carbonyl (C=O) groups is 1. The molecule has 1 saturated carbocycles. The third-order valence-electron chi connectivity index (χ3n) is 3.82. The molecule has 1 N–H and O–H groups in total. The Morgan fingerprint density at radius 2 is 1.78 bits per heavy atom. The lowest BCUT2D eigenvalue weighted by Crippen LogP contribution is -2.37. The number of halogens is 2. The molecule has 0 unspecified atom stereocenters. The normalized spacial score (nSPS) is 18.8. The van der Waals surface area contributed by atoms with E-state index in [1.54, 1.807) is 0 Å². The summed E-state index contributed by atoms with van der Waals surface area (Å²) in [6.45, 7) is 0. The van der Waals surface area contributed by atoms with E-state index in [-0.39, 0.29) is 0 Å². The fraction of sp³-hybridized carbons (Fsp3) is 0.500. The summed E-state index contributed by atoms with van der Waals surface area (Å²) >= 11 is 0. The zero-order chi connectivity index (χ0) is 13.2. The molecule has 0 saturated heterocycles. The second kappa shape index (κ2) is 4.67. The molecule has 0 bridgehead atoms. The number of aliphatic carboxylic acids is 1. The minimum atomic E-state index is -3.65. The predicted molar refractivity (Wildman–Crippen MR) is 63.8 cm³/mol. The van der Waals surface area contributed by atoms with Crippen LogP contribution in [0.2, 0.25) is 0 Å². The van der Waals surface area contributed by atoms with Crippen molar-refractivity contribution in [1.29, 1.82) is 0 Å². The lowest BCUT2D eigenvalue weighted by Gasteiger charge is -2.32. The van der Waals surface area contributed by atoms with Gasteiger partial charge in [-0.2, -0.15) is 8.78 Å². The highest BCUT2D eigenvalue weighted by molar-refractivity contribution is 5.75. The van der Waals surface area contributed by atoms with Crippen LogP contribution in [0.3, 0.4) is 0 Å². The molecule has 2 rings (SSSR count). The first kappa shape index (κ1) is 13.0. The van der Waals surface area contributed by atoms with Crippen molar-refractivity contribution in [3.8, 4) is 0 Å². The van der Waals surface area contributed by atoms with E-state index in [9.17, 15) is 13.6 Å². The molecule has 0 aliphatic heterocycles. The Bertz CT molecular complexity index is 423. The molecule has 1 aliphatic carbocycles. The van der Waals surface area contributed by atoms with Gasteiger partial charge in [0.25, 0.3) is 0 Å². The van der Waals surface area contributed by atoms with Crippen molar-refractivity contribution in [2.75, 3.05) is 0 Å². The molecular formula is C14H16F2O2. The summed E-state index contributed by atoms with van der Waals surface area (Å²) in [5, 5.41) is 8.61. The van der Waals surface area contributed by atoms with Gasteiger partial charge in [-0.05, 0) is 18.4 Å². The maximum Gasteiger partial charge on any atom is 0.374 e. The zero-order valence-electron chi connectivity index (χ0n) is 10.0. The highest BCUT2D eigenvalue weighted by Gasteiger charge is 2.49. The molecule has 1 aromatic rings. The quantitative estimate of drug-likeness (QED) is 0.891. The number of hydrogen-bond donors (Lipinski definition) is 1. The molecule has 2 nitrogen and oxygen atoms in total. The maximum atomic E-state index is 13.5. The Labute approximate surface area is 105 Å². The minimum Gasteiger partial charge on any atom is -0.477 e. The Balaban J connectivity index is 2.32. The summed E-state index contributed by atoms with van der Waals surface area (Å²) in [4.78, 5) is 10.6. The van der Waals surface area contributed by atoms with E-state index in [0.29, 0.717) is 12.8 Å². The molecule has 98 valence electrons. The SMILES string of the molecule is O=C(O)C(F)(F)CC1(c2ccccc2)CCCC1. The van der Waals surface area contributed by atoms with Crippen LogP contribution in [0.25, 0.3) is 0 Å². The van der Waals surface area contributed by atoms with E-state index in [0.717, 1.165) is 18.4 Å². The second-order valence-corrected chi connectivity index (χ2v) is 5.04. The summed E-state index contributed by atoms with van der Waals surface area (Å²) in [7, 11) is 0. The topological polar surface area (TPSA) is 37.3 Å². The molecule has 0 heterocycles. The van der Waals surface area contributed by atoms with Gasteiger partial charge in [-0.3, -0.25) is 0 Å². The van der Waals surface area contributed by atoms with Crippen LogP contribution < -0.4 is 0 Å². The highest BCUT2D eigenvalue weighted by Crippen LogP contribution is 2.47. The molecule has 1 aromatic carbocycles. The average molecular weight is 254 g/mol. The Kier molecular flexibility index (Phi) is 3.37. The monoisotopic (exact) mass is 254 g/mol. The molecule has 0 spiro atoms. The number of alkyl halides is 2. The first-order valence-electron chi connectivity index (χ1n) is 6.13. The molecule has 18 heavy (non-hydrogen) atoms. The lowest BCUT2D eigenvalue weighted by molar-refractivity contribution is -0.168. The standard InChI is InChI=1S/C14H16F2O2/c15-14(16,12(17)18)10-13(8-4-5-9-13)11-6-2-1-3-7-11/h1-3,6-7H,4-5,8-10H2,(H,17,18). The zero-order valence-corrected chi connectivity index (χ0v) is 10.0. The average Bonchev–Trinajstić information content (AvgIpc) is 2.79. The summed E-state index contributed by atoms with van der Waals surface area (Å²) in [6.07, 6.45) is 2.44. The number of benzene rings is 1. The summed E-state index contributed by atoms with van der Waals surface area (Å²) in [5.74, 6) is -5.68. The molecule has 0 atom stereocenters. The van der Waals surface area contributed by atoms with Gasteiger partial charge in [0.1, 0.15) is 0 Å². The molecule has 0 amide bonds. The van der Waals surface area contributed by atoms with E-state index < -0.39 is 23.7 Å². The summed E-state index contributed by atoms with van der Waals surface area (Å²) < 4.78 is 27.1. The first-order valence-corrected chi connectivity index (χ1v) is 6.13. The van der Waals surface area contributed by atoms with Crippen LogP contribution in [0.1, 0.15) is 37.7 Å². The minimum absolute atomic E-state index is 0.598.